The molecule has 0 heterocycles. The molecule has 0 spiro atoms. The number of para-hydroxylation sites is 5. The van der Waals surface area contributed by atoms with Crippen LogP contribution in [0.25, 0.3) is 0 Å². The highest BCUT2D eigenvalue weighted by molar-refractivity contribution is 8.47. The third-order valence-corrected chi connectivity index (χ3v) is 13.8. The van der Waals surface area contributed by atoms with E-state index in [2.05, 4.69) is 0 Å². The number of carbonyl (C=O) groups is 3. The topological polar surface area (TPSA) is 169 Å². The van der Waals surface area contributed by atoms with Crippen molar-refractivity contribution in [2.75, 3.05) is 11.9 Å². The van der Waals surface area contributed by atoms with Crippen LogP contribution in [0.3, 0.4) is 0 Å². The van der Waals surface area contributed by atoms with Crippen molar-refractivity contribution in [3.05, 3.63) is 179 Å². The Bertz CT molecular complexity index is 2340. The summed E-state index contributed by atoms with van der Waals surface area (Å²) in [5, 5.41) is 9.54. The Morgan fingerprint density at radius 1 is 0.561 bits per heavy atom. The zero-order chi connectivity index (χ0) is 40.6. The fourth-order valence-corrected chi connectivity index (χ4v) is 10.0. The van der Waals surface area contributed by atoms with E-state index in [1.165, 1.54) is 24.3 Å². The van der Waals surface area contributed by atoms with Crippen molar-refractivity contribution in [2.24, 2.45) is 0 Å². The second-order valence-corrected chi connectivity index (χ2v) is 18.2. The number of aryl methyl sites for hydroxylation is 2. The average Bonchev–Trinajstić information content (AvgIpc) is 3.24. The van der Waals surface area contributed by atoms with Gasteiger partial charge in [-0.1, -0.05) is 90.5 Å². The molecule has 292 valence electrons. The zero-order valence-corrected chi connectivity index (χ0v) is 33.3. The van der Waals surface area contributed by atoms with Gasteiger partial charge in [0.15, 0.2) is 18.9 Å². The van der Waals surface area contributed by atoms with Crippen molar-refractivity contribution >= 4 is 50.0 Å². The van der Waals surface area contributed by atoms with Crippen molar-refractivity contribution < 1.29 is 46.0 Å². The van der Waals surface area contributed by atoms with E-state index in [0.717, 1.165) is 23.7 Å². The number of hydrogen-bond acceptors (Lipinski definition) is 11. The lowest BCUT2D eigenvalue weighted by atomic mass is 10.1. The molecule has 6 rings (SSSR count). The molecular formula is C43H39NO10P2S. The van der Waals surface area contributed by atoms with Gasteiger partial charge in [-0.05, 0) is 79.6 Å². The first-order chi connectivity index (χ1) is 27.7. The molecule has 1 atom stereocenters. The molecule has 0 aliphatic carbocycles. The number of nitrogens with two attached hydrogens (primary N) is 1. The third-order valence-electron chi connectivity index (χ3n) is 8.16. The van der Waals surface area contributed by atoms with Crippen LogP contribution in [0.4, 0.5) is 5.69 Å². The molecule has 3 N–H and O–H groups in total. The monoisotopic (exact) mass is 823 g/mol. The first kappa shape index (κ1) is 42.2. The second kappa shape index (κ2) is 20.9. The molecule has 0 bridgehead atoms. The number of carbonyl (C=O) groups excluding carboxylic acids is 3. The lowest BCUT2D eigenvalue weighted by Crippen LogP contribution is -2.10. The fourth-order valence-electron chi connectivity index (χ4n) is 5.08. The van der Waals surface area contributed by atoms with Crippen molar-refractivity contribution in [1.29, 1.82) is 0 Å². The molecule has 0 saturated heterocycles. The highest BCUT2D eigenvalue weighted by atomic mass is 32.8. The van der Waals surface area contributed by atoms with Crippen molar-refractivity contribution in [1.82, 2.24) is 0 Å². The number of aldehydes is 3. The second-order valence-electron chi connectivity index (χ2n) is 12.1. The summed E-state index contributed by atoms with van der Waals surface area (Å²) in [5.74, 6) is 1.20. The predicted molar refractivity (Wildman–Crippen MR) is 222 cm³/mol. The Balaban J connectivity index is 0.000000218. The highest BCUT2D eigenvalue weighted by Crippen LogP contribution is 2.51. The minimum atomic E-state index is -4.04. The molecule has 11 nitrogen and oxygen atoms in total. The lowest BCUT2D eigenvalue weighted by Gasteiger charge is -2.20. The summed E-state index contributed by atoms with van der Waals surface area (Å²) in [6.07, 6.45) is 3.27. The molecule has 0 aromatic heterocycles. The Labute approximate surface area is 333 Å². The minimum Gasteiger partial charge on any atom is -0.438 e. The van der Waals surface area contributed by atoms with Crippen LogP contribution in [0.2, 0.25) is 0 Å². The Kier molecular flexibility index (Phi) is 15.5. The van der Waals surface area contributed by atoms with E-state index in [9.17, 15) is 27.9 Å². The molecule has 1 unspecified atom stereocenters. The quantitative estimate of drug-likeness (QED) is 0.0511. The molecule has 14 heteroatoms. The summed E-state index contributed by atoms with van der Waals surface area (Å²) in [6, 6.07) is 40.8. The normalized spacial score (nSPS) is 11.4. The molecule has 0 amide bonds. The Morgan fingerprint density at radius 2 is 0.982 bits per heavy atom. The van der Waals surface area contributed by atoms with Crippen LogP contribution in [0.15, 0.2) is 150 Å². The van der Waals surface area contributed by atoms with Gasteiger partial charge in [-0.2, -0.15) is 0 Å². The summed E-state index contributed by atoms with van der Waals surface area (Å²) >= 11 is 0. The molecule has 57 heavy (non-hydrogen) atoms. The first-order valence-corrected chi connectivity index (χ1v) is 22.1. The van der Waals surface area contributed by atoms with Crippen molar-refractivity contribution in [3.8, 4) is 23.0 Å². The maximum absolute atomic E-state index is 13.3. The maximum Gasteiger partial charge on any atom is 0.426 e. The molecule has 6 aromatic carbocycles. The number of hydrogen-bond donors (Lipinski definition) is 2. The van der Waals surface area contributed by atoms with Gasteiger partial charge in [0.05, 0.1) is 28.2 Å². The fraction of sp³-hybridized carbons (Fsp3) is 0.0930. The van der Waals surface area contributed by atoms with Gasteiger partial charge in [0.2, 0.25) is 0 Å². The van der Waals surface area contributed by atoms with Gasteiger partial charge in [0.1, 0.15) is 23.0 Å². The van der Waals surface area contributed by atoms with E-state index >= 15 is 0 Å². The molecule has 0 saturated carbocycles. The summed E-state index contributed by atoms with van der Waals surface area (Å²) in [4.78, 5) is 34.0. The summed E-state index contributed by atoms with van der Waals surface area (Å²) in [5.41, 5.74) is 10.2. The van der Waals surface area contributed by atoms with Crippen LogP contribution in [0.1, 0.15) is 47.8 Å². The van der Waals surface area contributed by atoms with E-state index in [1.54, 1.807) is 97.1 Å². The summed E-state index contributed by atoms with van der Waals surface area (Å²) in [7, 11) is -8.09. The maximum atomic E-state index is 13.3. The van der Waals surface area contributed by atoms with Gasteiger partial charge in [-0.3, -0.25) is 14.4 Å². The predicted octanol–water partition coefficient (Wildman–Crippen LogP) is 9.36. The van der Waals surface area contributed by atoms with Crippen LogP contribution in [-0.2, 0) is 22.5 Å². The summed E-state index contributed by atoms with van der Waals surface area (Å²) < 4.78 is 50.2. The number of nitrogen functional groups attached to an aromatic ring is 1. The van der Waals surface area contributed by atoms with Crippen LogP contribution < -0.4 is 23.8 Å². The van der Waals surface area contributed by atoms with Gasteiger partial charge < -0.3 is 28.9 Å². The molecule has 0 aliphatic rings. The average molecular weight is 824 g/mol. The Morgan fingerprint density at radius 3 is 1.47 bits per heavy atom. The van der Waals surface area contributed by atoms with Gasteiger partial charge in [0, 0.05) is 17.4 Å². The van der Waals surface area contributed by atoms with Gasteiger partial charge in [0.25, 0.3) is 17.8 Å². The standard InChI is InChI=1S/C22H20NO4P.C21H19O6PS/c23-20-10-4-1-7-17(20)13-14-28(26-21-11-5-2-8-18(21)15-24)27-22-12-6-3-9-19(22)16-25;1-16-10-12-19(13-11-16)29(24,25)28(26-20-8-4-2-6-17(20)14-22)27-21-9-5-3-7-18(21)15-23/h1-12,15-16H,13-14,23H2;2-14,23H,15H2,1H3. The third kappa shape index (κ3) is 11.6. The van der Waals surface area contributed by atoms with E-state index < -0.39 is 25.4 Å². The molecule has 0 fully saturated rings. The molecule has 6 aromatic rings. The SMILES string of the molecule is Cc1ccc(S(=O)(=O)P(Oc2ccccc2C=O)Oc2ccccc2CO)cc1.Nc1ccccc1CCP(Oc1ccccc1C=O)Oc1ccccc1C=O. The summed E-state index contributed by atoms with van der Waals surface area (Å²) in [6.45, 7) is 1.53. The molecule has 0 radical (unpaired) electrons. The van der Waals surface area contributed by atoms with Crippen LogP contribution >= 0.6 is 16.0 Å². The minimum absolute atomic E-state index is 0.0410. The first-order valence-electron chi connectivity index (χ1n) is 17.4. The van der Waals surface area contributed by atoms with Gasteiger partial charge in [-0.15, -0.1) is 0 Å². The largest absolute Gasteiger partial charge is 0.438 e. The van der Waals surface area contributed by atoms with Gasteiger partial charge in [-0.25, -0.2) is 8.42 Å². The number of aliphatic hydroxyl groups is 1. The number of aliphatic hydroxyl groups excluding tert-OH is 1. The van der Waals surface area contributed by atoms with Crippen LogP contribution in [0.5, 0.6) is 23.0 Å². The highest BCUT2D eigenvalue weighted by Gasteiger charge is 2.36. The smallest absolute Gasteiger partial charge is 0.426 e. The van der Waals surface area contributed by atoms with Crippen LogP contribution in [0, 0.1) is 6.92 Å². The zero-order valence-electron chi connectivity index (χ0n) is 30.7. The number of anilines is 1. The van der Waals surface area contributed by atoms with E-state index in [4.69, 9.17) is 23.8 Å². The lowest BCUT2D eigenvalue weighted by molar-refractivity contribution is 0.111. The van der Waals surface area contributed by atoms with E-state index in [0.29, 0.717) is 52.7 Å². The Hall–Kier alpha value is -5.90. The van der Waals surface area contributed by atoms with E-state index in [1.807, 2.05) is 31.2 Å². The van der Waals surface area contributed by atoms with Crippen molar-refractivity contribution in [3.63, 3.8) is 0 Å². The van der Waals surface area contributed by atoms with E-state index in [-0.39, 0.29) is 28.6 Å². The molecule has 0 aliphatic heterocycles. The van der Waals surface area contributed by atoms with Gasteiger partial charge >= 0.3 is 7.58 Å². The molecular weight excluding hydrogens is 784 g/mol. The van der Waals surface area contributed by atoms with Crippen LogP contribution in [-0.4, -0.2) is 38.5 Å². The van der Waals surface area contributed by atoms with Crippen molar-refractivity contribution in [2.45, 2.75) is 24.8 Å². The number of benzene rings is 6. The number of rotatable bonds is 17.